The van der Waals surface area contributed by atoms with Gasteiger partial charge in [-0.25, -0.2) is 0 Å². The second-order valence-electron chi connectivity index (χ2n) is 2.13. The van der Waals surface area contributed by atoms with E-state index in [1.54, 1.807) is 0 Å². The van der Waals surface area contributed by atoms with Gasteiger partial charge in [-0.2, -0.15) is 0 Å². The molecule has 2 rings (SSSR count). The van der Waals surface area contributed by atoms with Crippen molar-refractivity contribution in [1.82, 2.24) is 0 Å². The first-order chi connectivity index (χ1) is 4.47. The summed E-state index contributed by atoms with van der Waals surface area (Å²) in [6.07, 6.45) is 1.23. The van der Waals surface area contributed by atoms with E-state index in [4.69, 9.17) is 0 Å². The van der Waals surface area contributed by atoms with Crippen molar-refractivity contribution in [3.8, 4) is 0 Å². The number of fused-ring (bicyclic) bond motifs is 1. The molecule has 1 aromatic rings. The van der Waals surface area contributed by atoms with Crippen LogP contribution in [0.1, 0.15) is 5.56 Å². The van der Waals surface area contributed by atoms with E-state index < -0.39 is 0 Å². The monoisotopic (exact) mass is 135 g/mol. The van der Waals surface area contributed by atoms with E-state index in [1.165, 1.54) is 22.6 Å². The predicted octanol–water partition coefficient (Wildman–Crippen LogP) is 2.13. The number of hydrogen-bond donors (Lipinski definition) is 0. The highest BCUT2D eigenvalue weighted by molar-refractivity contribution is 7.99. The number of aryl methyl sites for hydroxylation is 1. The summed E-state index contributed by atoms with van der Waals surface area (Å²) in [7, 11) is 0. The fourth-order valence-corrected chi connectivity index (χ4v) is 2.11. The van der Waals surface area contributed by atoms with Gasteiger partial charge >= 0.3 is 0 Å². The Hall–Kier alpha value is -0.430. The molecule has 0 bridgehead atoms. The Bertz CT molecular complexity index is 195. The van der Waals surface area contributed by atoms with Gasteiger partial charge in [0.15, 0.2) is 0 Å². The Labute approximate surface area is 59.3 Å². The van der Waals surface area contributed by atoms with Gasteiger partial charge in [-0.15, -0.1) is 11.8 Å². The van der Waals surface area contributed by atoms with Gasteiger partial charge in [-0.05, 0) is 24.1 Å². The smallest absolute Gasteiger partial charge is 0.0105 e. The molecule has 0 fully saturated rings. The third-order valence-electron chi connectivity index (χ3n) is 1.53. The summed E-state index contributed by atoms with van der Waals surface area (Å²) in [5.41, 5.74) is 1.47. The van der Waals surface area contributed by atoms with Crippen LogP contribution < -0.4 is 0 Å². The molecule has 45 valence electrons. The van der Waals surface area contributed by atoms with Crippen molar-refractivity contribution in [2.45, 2.75) is 11.3 Å². The molecule has 0 spiro atoms. The van der Waals surface area contributed by atoms with E-state index in [-0.39, 0.29) is 0 Å². The van der Waals surface area contributed by atoms with Crippen LogP contribution in [0, 0.1) is 6.07 Å². The molecule has 0 aromatic heterocycles. The SMILES string of the molecule is [c]1ccc2c(c1)CCS2. The summed E-state index contributed by atoms with van der Waals surface area (Å²) in [6, 6.07) is 9.30. The lowest BCUT2D eigenvalue weighted by Crippen LogP contribution is -1.76. The van der Waals surface area contributed by atoms with Crippen molar-refractivity contribution < 1.29 is 0 Å². The molecule has 0 aliphatic carbocycles. The Morgan fingerprint density at radius 2 is 2.56 bits per heavy atom. The van der Waals surface area contributed by atoms with E-state index in [9.17, 15) is 0 Å². The molecule has 1 aliphatic rings. The Morgan fingerprint density at radius 1 is 1.56 bits per heavy atom. The zero-order chi connectivity index (χ0) is 6.10. The number of hydrogen-bond acceptors (Lipinski definition) is 1. The van der Waals surface area contributed by atoms with Gasteiger partial charge in [0.05, 0.1) is 0 Å². The molecule has 1 aliphatic heterocycles. The van der Waals surface area contributed by atoms with Crippen LogP contribution in [0.4, 0.5) is 0 Å². The normalized spacial score (nSPS) is 15.6. The predicted molar refractivity (Wildman–Crippen MR) is 39.7 cm³/mol. The van der Waals surface area contributed by atoms with Crippen molar-refractivity contribution >= 4 is 11.8 Å². The second-order valence-corrected chi connectivity index (χ2v) is 3.27. The van der Waals surface area contributed by atoms with E-state index in [0.29, 0.717) is 0 Å². The summed E-state index contributed by atoms with van der Waals surface area (Å²) in [6.45, 7) is 0. The lowest BCUT2D eigenvalue weighted by atomic mass is 10.2. The molecule has 0 saturated carbocycles. The Kier molecular flexibility index (Phi) is 1.23. The van der Waals surface area contributed by atoms with Gasteiger partial charge < -0.3 is 0 Å². The fourth-order valence-electron chi connectivity index (χ4n) is 1.06. The molecule has 1 radical (unpaired) electrons. The summed E-state index contributed by atoms with van der Waals surface area (Å²) in [5, 5.41) is 0. The minimum Gasteiger partial charge on any atom is -0.126 e. The Balaban J connectivity index is 2.54. The maximum absolute atomic E-state index is 3.08. The quantitative estimate of drug-likeness (QED) is 0.525. The van der Waals surface area contributed by atoms with Gasteiger partial charge in [-0.1, -0.05) is 12.1 Å². The second kappa shape index (κ2) is 2.07. The van der Waals surface area contributed by atoms with Gasteiger partial charge in [0.25, 0.3) is 0 Å². The van der Waals surface area contributed by atoms with E-state index in [2.05, 4.69) is 18.2 Å². The lowest BCUT2D eigenvalue weighted by molar-refractivity contribution is 1.15. The molecule has 0 atom stereocenters. The van der Waals surface area contributed by atoms with Crippen molar-refractivity contribution in [3.05, 3.63) is 29.8 Å². The summed E-state index contributed by atoms with van der Waals surface area (Å²) < 4.78 is 0. The van der Waals surface area contributed by atoms with Crippen LogP contribution in [0.5, 0.6) is 0 Å². The lowest BCUT2D eigenvalue weighted by Gasteiger charge is -1.91. The standard InChI is InChI=1S/C8H7S/c1-2-4-8-7(3-1)5-6-9-8/h2-4H,5-6H2. The van der Waals surface area contributed by atoms with Crippen LogP contribution >= 0.6 is 11.8 Å². The fraction of sp³-hybridized carbons (Fsp3) is 0.250. The van der Waals surface area contributed by atoms with Crippen LogP contribution in [-0.4, -0.2) is 5.75 Å². The van der Waals surface area contributed by atoms with Crippen molar-refractivity contribution in [3.63, 3.8) is 0 Å². The molecule has 1 aromatic carbocycles. The molecule has 0 unspecified atom stereocenters. The van der Waals surface area contributed by atoms with Crippen molar-refractivity contribution in [2.24, 2.45) is 0 Å². The zero-order valence-corrected chi connectivity index (χ0v) is 5.87. The molecule has 0 saturated heterocycles. The van der Waals surface area contributed by atoms with Gasteiger partial charge in [-0.3, -0.25) is 0 Å². The van der Waals surface area contributed by atoms with Gasteiger partial charge in [0, 0.05) is 10.6 Å². The minimum atomic E-state index is 1.23. The molecule has 1 heteroatoms. The van der Waals surface area contributed by atoms with Gasteiger partial charge in [0.1, 0.15) is 0 Å². The minimum absolute atomic E-state index is 1.23. The molecular weight excluding hydrogens is 128 g/mol. The topological polar surface area (TPSA) is 0 Å². The summed E-state index contributed by atoms with van der Waals surface area (Å²) in [5.74, 6) is 1.26. The largest absolute Gasteiger partial charge is 0.126 e. The summed E-state index contributed by atoms with van der Waals surface area (Å²) >= 11 is 1.95. The maximum atomic E-state index is 3.08. The average molecular weight is 135 g/mol. The van der Waals surface area contributed by atoms with Crippen LogP contribution in [0.3, 0.4) is 0 Å². The number of thioether (sulfide) groups is 1. The summed E-state index contributed by atoms with van der Waals surface area (Å²) in [4.78, 5) is 1.45. The van der Waals surface area contributed by atoms with E-state index in [1.807, 2.05) is 17.8 Å². The van der Waals surface area contributed by atoms with Crippen molar-refractivity contribution in [1.29, 1.82) is 0 Å². The van der Waals surface area contributed by atoms with E-state index >= 15 is 0 Å². The molecule has 1 heterocycles. The molecular formula is C8H7S. The first-order valence-corrected chi connectivity index (χ1v) is 4.07. The zero-order valence-electron chi connectivity index (χ0n) is 5.05. The van der Waals surface area contributed by atoms with Gasteiger partial charge in [0.2, 0.25) is 0 Å². The average Bonchev–Trinajstić information content (AvgIpc) is 2.33. The van der Waals surface area contributed by atoms with Crippen molar-refractivity contribution in [2.75, 3.05) is 5.75 Å². The van der Waals surface area contributed by atoms with Crippen LogP contribution in [-0.2, 0) is 6.42 Å². The molecule has 0 amide bonds. The highest BCUT2D eigenvalue weighted by Crippen LogP contribution is 2.29. The van der Waals surface area contributed by atoms with E-state index in [0.717, 1.165) is 0 Å². The third-order valence-corrected chi connectivity index (χ3v) is 2.65. The van der Waals surface area contributed by atoms with Crippen LogP contribution in [0.15, 0.2) is 23.1 Å². The van der Waals surface area contributed by atoms with Crippen LogP contribution in [0.25, 0.3) is 0 Å². The first kappa shape index (κ1) is 5.36. The highest BCUT2D eigenvalue weighted by atomic mass is 32.2. The number of benzene rings is 1. The molecule has 0 N–H and O–H groups in total. The number of rotatable bonds is 0. The first-order valence-electron chi connectivity index (χ1n) is 3.08. The molecule has 9 heavy (non-hydrogen) atoms. The van der Waals surface area contributed by atoms with Crippen LogP contribution in [0.2, 0.25) is 0 Å². The highest BCUT2D eigenvalue weighted by Gasteiger charge is 2.08. The third kappa shape index (κ3) is 0.855. The Morgan fingerprint density at radius 3 is 3.44 bits per heavy atom. The maximum Gasteiger partial charge on any atom is 0.0105 e. The molecule has 0 nitrogen and oxygen atoms in total.